The first-order valence-corrected chi connectivity index (χ1v) is 35.7. The first-order valence-electron chi connectivity index (χ1n) is 35.7. The molecule has 478 valence electrons. The van der Waals surface area contributed by atoms with E-state index in [9.17, 15) is 14.4 Å². The van der Waals surface area contributed by atoms with Crippen LogP contribution in [0.15, 0.2) is 97.2 Å². The van der Waals surface area contributed by atoms with Gasteiger partial charge in [0.05, 0.1) is 0 Å². The van der Waals surface area contributed by atoms with Gasteiger partial charge < -0.3 is 14.2 Å². The molecule has 6 nitrogen and oxygen atoms in total. The van der Waals surface area contributed by atoms with E-state index in [0.717, 1.165) is 122 Å². The van der Waals surface area contributed by atoms with Crippen molar-refractivity contribution in [3.8, 4) is 0 Å². The molecule has 0 radical (unpaired) electrons. The van der Waals surface area contributed by atoms with E-state index in [0.29, 0.717) is 19.3 Å². The van der Waals surface area contributed by atoms with Gasteiger partial charge in [-0.25, -0.2) is 0 Å². The molecule has 0 heterocycles. The Labute approximate surface area is 515 Å². The molecular formula is C77H134O6. The van der Waals surface area contributed by atoms with Gasteiger partial charge in [-0.2, -0.15) is 0 Å². The number of rotatable bonds is 65. The van der Waals surface area contributed by atoms with Gasteiger partial charge in [-0.15, -0.1) is 0 Å². The van der Waals surface area contributed by atoms with Crippen LogP contribution in [0.3, 0.4) is 0 Å². The van der Waals surface area contributed by atoms with Crippen LogP contribution in [0.4, 0.5) is 0 Å². The Morgan fingerprint density at radius 2 is 0.470 bits per heavy atom. The summed E-state index contributed by atoms with van der Waals surface area (Å²) in [6.07, 6.45) is 95.7. The average molecular weight is 1160 g/mol. The molecular weight excluding hydrogens is 1020 g/mol. The summed E-state index contributed by atoms with van der Waals surface area (Å²) in [5.74, 6) is -0.886. The lowest BCUT2D eigenvalue weighted by Crippen LogP contribution is -2.30. The minimum absolute atomic E-state index is 0.0838. The Bertz CT molecular complexity index is 1610. The normalized spacial score (nSPS) is 12.7. The third kappa shape index (κ3) is 69.0. The fraction of sp³-hybridized carbons (Fsp3) is 0.753. The molecule has 0 saturated heterocycles. The number of hydrogen-bond acceptors (Lipinski definition) is 6. The lowest BCUT2D eigenvalue weighted by Gasteiger charge is -2.18. The maximum Gasteiger partial charge on any atom is 0.306 e. The molecule has 0 aromatic heterocycles. The van der Waals surface area contributed by atoms with Crippen molar-refractivity contribution in [2.45, 2.75) is 361 Å². The molecule has 0 saturated carbocycles. The van der Waals surface area contributed by atoms with Crippen molar-refractivity contribution in [1.82, 2.24) is 0 Å². The number of carbonyl (C=O) groups is 3. The van der Waals surface area contributed by atoms with E-state index in [4.69, 9.17) is 14.2 Å². The molecule has 0 aliphatic rings. The lowest BCUT2D eigenvalue weighted by molar-refractivity contribution is -0.167. The van der Waals surface area contributed by atoms with Crippen molar-refractivity contribution >= 4 is 17.9 Å². The topological polar surface area (TPSA) is 78.9 Å². The van der Waals surface area contributed by atoms with Crippen molar-refractivity contribution < 1.29 is 28.6 Å². The summed E-state index contributed by atoms with van der Waals surface area (Å²) in [5, 5.41) is 0. The van der Waals surface area contributed by atoms with Crippen LogP contribution >= 0.6 is 0 Å². The molecule has 83 heavy (non-hydrogen) atoms. The first-order chi connectivity index (χ1) is 41.0. The van der Waals surface area contributed by atoms with E-state index in [2.05, 4.69) is 118 Å². The van der Waals surface area contributed by atoms with Crippen LogP contribution in [0, 0.1) is 0 Å². The van der Waals surface area contributed by atoms with E-state index in [-0.39, 0.29) is 31.1 Å². The van der Waals surface area contributed by atoms with Crippen molar-refractivity contribution in [2.75, 3.05) is 13.2 Å². The summed E-state index contributed by atoms with van der Waals surface area (Å²) in [6, 6.07) is 0. The van der Waals surface area contributed by atoms with Crippen LogP contribution < -0.4 is 0 Å². The molecule has 0 spiro atoms. The quantitative estimate of drug-likeness (QED) is 0.0261. The first kappa shape index (κ1) is 79.3. The molecule has 0 aliphatic heterocycles. The van der Waals surface area contributed by atoms with Gasteiger partial charge in [0, 0.05) is 19.3 Å². The Morgan fingerprint density at radius 1 is 0.253 bits per heavy atom. The number of carbonyl (C=O) groups excluding carboxylic acids is 3. The maximum atomic E-state index is 13.0. The minimum atomic E-state index is -0.788. The van der Waals surface area contributed by atoms with E-state index in [1.807, 2.05) is 0 Å². The molecule has 1 unspecified atom stereocenters. The van der Waals surface area contributed by atoms with Crippen LogP contribution in [0.2, 0.25) is 0 Å². The summed E-state index contributed by atoms with van der Waals surface area (Å²) in [6.45, 7) is 6.54. The fourth-order valence-corrected chi connectivity index (χ4v) is 10.2. The fourth-order valence-electron chi connectivity index (χ4n) is 10.2. The van der Waals surface area contributed by atoms with Gasteiger partial charge in [-0.3, -0.25) is 14.4 Å². The SMILES string of the molecule is CC/C=C\C/C=C\C/C=C\C/C=C\C/C=C\C/C=C\CCCCCCCCCCC(=O)OCC(COC(=O)CCCCCCC/C=C\C/C=C\CCCCCC)OC(=O)CCCCCCCCCCCCCCCCCCCCCCCC. The third-order valence-electron chi connectivity index (χ3n) is 15.6. The molecule has 0 N–H and O–H groups in total. The van der Waals surface area contributed by atoms with Crippen LogP contribution in [0.5, 0.6) is 0 Å². The van der Waals surface area contributed by atoms with Crippen molar-refractivity contribution in [1.29, 1.82) is 0 Å². The third-order valence-corrected chi connectivity index (χ3v) is 15.6. The molecule has 0 aromatic rings. The van der Waals surface area contributed by atoms with E-state index < -0.39 is 6.10 Å². The molecule has 1 atom stereocenters. The molecule has 6 heteroatoms. The summed E-state index contributed by atoms with van der Waals surface area (Å²) in [7, 11) is 0. The second-order valence-electron chi connectivity index (χ2n) is 23.8. The van der Waals surface area contributed by atoms with Gasteiger partial charge in [0.25, 0.3) is 0 Å². The zero-order valence-electron chi connectivity index (χ0n) is 54.9. The highest BCUT2D eigenvalue weighted by Gasteiger charge is 2.19. The lowest BCUT2D eigenvalue weighted by atomic mass is 10.0. The smallest absolute Gasteiger partial charge is 0.306 e. The van der Waals surface area contributed by atoms with Crippen molar-refractivity contribution in [3.63, 3.8) is 0 Å². The highest BCUT2D eigenvalue weighted by Crippen LogP contribution is 2.18. The summed E-state index contributed by atoms with van der Waals surface area (Å²) >= 11 is 0. The number of esters is 3. The highest BCUT2D eigenvalue weighted by atomic mass is 16.6. The minimum Gasteiger partial charge on any atom is -0.462 e. The van der Waals surface area contributed by atoms with Gasteiger partial charge >= 0.3 is 17.9 Å². The summed E-state index contributed by atoms with van der Waals surface area (Å²) in [4.78, 5) is 38.5. The van der Waals surface area contributed by atoms with E-state index >= 15 is 0 Å². The monoisotopic (exact) mass is 1160 g/mol. The predicted molar refractivity (Wildman–Crippen MR) is 362 cm³/mol. The van der Waals surface area contributed by atoms with Crippen LogP contribution in [-0.4, -0.2) is 37.2 Å². The van der Waals surface area contributed by atoms with Gasteiger partial charge in [-0.05, 0) is 103 Å². The average Bonchev–Trinajstić information content (AvgIpc) is 3.49. The van der Waals surface area contributed by atoms with Gasteiger partial charge in [-0.1, -0.05) is 330 Å². The summed E-state index contributed by atoms with van der Waals surface area (Å²) < 4.78 is 17.0. The van der Waals surface area contributed by atoms with Crippen LogP contribution in [0.25, 0.3) is 0 Å². The number of unbranched alkanes of at least 4 members (excludes halogenated alkanes) is 38. The van der Waals surface area contributed by atoms with Gasteiger partial charge in [0.2, 0.25) is 0 Å². The second kappa shape index (κ2) is 70.8. The Kier molecular flexibility index (Phi) is 67.7. The Morgan fingerprint density at radius 3 is 0.747 bits per heavy atom. The molecule has 0 bridgehead atoms. The number of allylic oxidation sites excluding steroid dienone is 16. The highest BCUT2D eigenvalue weighted by molar-refractivity contribution is 5.71. The number of hydrogen-bond donors (Lipinski definition) is 0. The standard InChI is InChI=1S/C77H134O6/c1-4-7-10-13-16-19-22-25-28-31-33-35-37-38-39-40-41-43-44-46-49-52-55-58-61-64-67-70-76(79)82-73-74(72-81-75(78)69-66-63-60-57-54-51-48-30-27-24-21-18-15-12-9-6-3)83-77(80)71-68-65-62-59-56-53-50-47-45-42-36-34-32-29-26-23-20-17-14-11-8-5-2/h7,10,16,19,21,24-25,28,30,33,35,38-39,41,43,48,74H,4-6,8-9,11-15,17-18,20,22-23,26-27,29,31-32,34,36-37,40,42,44-47,49-73H2,1-3H3/b10-7-,19-16-,24-21-,28-25-,35-33-,39-38-,43-41-,48-30-. The maximum absolute atomic E-state index is 13.0. The van der Waals surface area contributed by atoms with E-state index in [1.165, 1.54) is 193 Å². The van der Waals surface area contributed by atoms with Gasteiger partial charge in [0.1, 0.15) is 13.2 Å². The second-order valence-corrected chi connectivity index (χ2v) is 23.8. The zero-order chi connectivity index (χ0) is 59.9. The molecule has 0 amide bonds. The van der Waals surface area contributed by atoms with Crippen LogP contribution in [-0.2, 0) is 28.6 Å². The van der Waals surface area contributed by atoms with E-state index in [1.54, 1.807) is 0 Å². The molecule has 0 fully saturated rings. The largest absolute Gasteiger partial charge is 0.462 e. The van der Waals surface area contributed by atoms with Gasteiger partial charge in [0.15, 0.2) is 6.10 Å². The summed E-state index contributed by atoms with van der Waals surface area (Å²) in [5.41, 5.74) is 0. The Balaban J connectivity index is 4.36. The predicted octanol–water partition coefficient (Wildman–Crippen LogP) is 24.8. The Hall–Kier alpha value is -3.67. The van der Waals surface area contributed by atoms with Crippen molar-refractivity contribution in [2.24, 2.45) is 0 Å². The molecule has 0 aromatic carbocycles. The molecule has 0 rings (SSSR count). The molecule has 0 aliphatic carbocycles. The number of ether oxygens (including phenoxy) is 3. The van der Waals surface area contributed by atoms with Crippen LogP contribution in [0.1, 0.15) is 355 Å². The van der Waals surface area contributed by atoms with Crippen molar-refractivity contribution in [3.05, 3.63) is 97.2 Å². The zero-order valence-corrected chi connectivity index (χ0v) is 54.9.